The number of anilines is 2. The minimum atomic E-state index is -0.289. The molecule has 0 spiro atoms. The molecule has 1 atom stereocenters. The quantitative estimate of drug-likeness (QED) is 0.219. The van der Waals surface area contributed by atoms with Crippen LogP contribution in [0.4, 0.5) is 11.4 Å². The second kappa shape index (κ2) is 13.1. The fraction of sp³-hybridized carbons (Fsp3) is 0.440. The summed E-state index contributed by atoms with van der Waals surface area (Å²) in [6, 6.07) is 14.7. The van der Waals surface area contributed by atoms with Crippen LogP contribution in [0.2, 0.25) is 0 Å². The molecule has 7 nitrogen and oxygen atoms in total. The van der Waals surface area contributed by atoms with Gasteiger partial charge in [0.05, 0.1) is 12.3 Å². The minimum Gasteiger partial charge on any atom is -0.463 e. The lowest BCUT2D eigenvalue weighted by Gasteiger charge is -2.30. The average molecular weight is 474 g/mol. The maximum Gasteiger partial charge on any atom is 0.302 e. The Morgan fingerprint density at radius 3 is 2.52 bits per heavy atom. The van der Waals surface area contributed by atoms with E-state index in [0.29, 0.717) is 6.04 Å². The summed E-state index contributed by atoms with van der Waals surface area (Å²) in [6.45, 7) is 6.07. The third-order valence-corrected chi connectivity index (χ3v) is 5.84. The van der Waals surface area contributed by atoms with Gasteiger partial charge in [-0.1, -0.05) is 25.1 Å². The number of ether oxygens (including phenoxy) is 1. The fourth-order valence-corrected chi connectivity index (χ4v) is 3.97. The third-order valence-electron chi connectivity index (χ3n) is 5.84. The molecule has 8 heteroatoms. The normalized spacial score (nSPS) is 15.6. The number of benzene rings is 2. The van der Waals surface area contributed by atoms with Crippen molar-refractivity contribution in [2.75, 3.05) is 37.4 Å². The summed E-state index contributed by atoms with van der Waals surface area (Å²) in [5.41, 5.74) is 5.32. The highest BCUT2D eigenvalue weighted by Gasteiger charge is 2.19. The molecular formula is C25H36ClN5O2. The van der Waals surface area contributed by atoms with Gasteiger partial charge in [-0.05, 0) is 80.4 Å². The van der Waals surface area contributed by atoms with Crippen LogP contribution in [0, 0.1) is 0 Å². The van der Waals surface area contributed by atoms with Gasteiger partial charge in [0.25, 0.3) is 0 Å². The second-order valence-electron chi connectivity index (χ2n) is 8.44. The van der Waals surface area contributed by atoms with E-state index in [0.717, 1.165) is 54.9 Å². The van der Waals surface area contributed by atoms with E-state index in [9.17, 15) is 4.79 Å². The van der Waals surface area contributed by atoms with Crippen LogP contribution >= 0.6 is 12.4 Å². The van der Waals surface area contributed by atoms with Gasteiger partial charge in [-0.3, -0.25) is 4.79 Å². The lowest BCUT2D eigenvalue weighted by atomic mass is 9.99. The molecule has 1 aliphatic rings. The maximum atomic E-state index is 11.5. The van der Waals surface area contributed by atoms with E-state index in [1.54, 1.807) is 6.21 Å². The summed E-state index contributed by atoms with van der Waals surface area (Å²) >= 11 is 0. The number of hydrogen-bond acceptors (Lipinski definition) is 7. The largest absolute Gasteiger partial charge is 0.463 e. The van der Waals surface area contributed by atoms with Crippen LogP contribution in [0.25, 0.3) is 0 Å². The van der Waals surface area contributed by atoms with Gasteiger partial charge < -0.3 is 26.1 Å². The van der Waals surface area contributed by atoms with Crippen LogP contribution in [0.3, 0.4) is 0 Å². The number of esters is 1. The number of carbonyl (C=O) groups excluding carboxylic acids is 1. The standard InChI is InChI=1S/C25H35N5O2.ClH/c1-4-19-13-21(15-24(14-19)28-23-9-11-30(3)12-10-23)25(17-32-18(2)31)29-22-7-5-20(6-8-22)16-27-26;/h5-8,13-16,23,25,28-29H,4,9-12,17,26H2,1-3H3;1H. The number of nitrogens with one attached hydrogen (secondary N) is 2. The Kier molecular flexibility index (Phi) is 10.5. The molecule has 0 amide bonds. The summed E-state index contributed by atoms with van der Waals surface area (Å²) in [6.07, 6.45) is 4.81. The minimum absolute atomic E-state index is 0. The lowest BCUT2D eigenvalue weighted by Crippen LogP contribution is -2.36. The molecule has 3 rings (SSSR count). The number of carbonyl (C=O) groups is 1. The summed E-state index contributed by atoms with van der Waals surface area (Å²) in [5, 5.41) is 10.8. The first kappa shape index (κ1) is 26.5. The smallest absolute Gasteiger partial charge is 0.302 e. The number of nitrogens with two attached hydrogens (primary N) is 1. The second-order valence-corrected chi connectivity index (χ2v) is 8.44. The van der Waals surface area contributed by atoms with E-state index in [2.05, 4.69) is 52.8 Å². The topological polar surface area (TPSA) is 92.0 Å². The highest BCUT2D eigenvalue weighted by Crippen LogP contribution is 2.27. The number of rotatable bonds is 9. The number of hydrogen-bond donors (Lipinski definition) is 3. The predicted molar refractivity (Wildman–Crippen MR) is 138 cm³/mol. The molecule has 1 fully saturated rings. The van der Waals surface area contributed by atoms with Crippen LogP contribution in [0.5, 0.6) is 0 Å². The van der Waals surface area contributed by atoms with Crippen LogP contribution in [0.15, 0.2) is 47.6 Å². The van der Waals surface area contributed by atoms with Crippen LogP contribution < -0.4 is 16.5 Å². The van der Waals surface area contributed by atoms with Gasteiger partial charge in [0.15, 0.2) is 0 Å². The highest BCUT2D eigenvalue weighted by atomic mass is 35.5. The van der Waals surface area contributed by atoms with Crippen molar-refractivity contribution in [2.45, 2.75) is 45.2 Å². The van der Waals surface area contributed by atoms with Crippen molar-refractivity contribution in [2.24, 2.45) is 10.9 Å². The Balaban J connectivity index is 0.00000385. The van der Waals surface area contributed by atoms with Gasteiger partial charge in [0.2, 0.25) is 0 Å². The van der Waals surface area contributed by atoms with Crippen molar-refractivity contribution in [3.63, 3.8) is 0 Å². The van der Waals surface area contributed by atoms with Crippen LogP contribution in [-0.2, 0) is 16.0 Å². The molecule has 0 radical (unpaired) electrons. The first-order valence-corrected chi connectivity index (χ1v) is 11.3. The SMILES string of the molecule is CCc1cc(NC2CCN(C)CC2)cc(C(COC(C)=O)Nc2ccc(C=NN)cc2)c1.Cl. The van der Waals surface area contributed by atoms with Crippen molar-refractivity contribution in [3.05, 3.63) is 59.2 Å². The first-order chi connectivity index (χ1) is 15.5. The zero-order chi connectivity index (χ0) is 22.9. The summed E-state index contributed by atoms with van der Waals surface area (Å²) in [7, 11) is 2.17. The Bertz CT molecular complexity index is 912. The number of aryl methyl sites for hydroxylation is 1. The Hall–Kier alpha value is -2.77. The Morgan fingerprint density at radius 1 is 1.21 bits per heavy atom. The molecule has 2 aromatic rings. The number of piperidine rings is 1. The number of hydrazone groups is 1. The molecule has 4 N–H and O–H groups in total. The van der Waals surface area contributed by atoms with Gasteiger partial charge in [0.1, 0.15) is 6.61 Å². The van der Waals surface area contributed by atoms with E-state index in [1.165, 1.54) is 12.5 Å². The monoisotopic (exact) mass is 473 g/mol. The van der Waals surface area contributed by atoms with Crippen molar-refractivity contribution in [1.29, 1.82) is 0 Å². The van der Waals surface area contributed by atoms with Crippen LogP contribution in [-0.4, -0.2) is 49.9 Å². The molecular weight excluding hydrogens is 438 g/mol. The van der Waals surface area contributed by atoms with Gasteiger partial charge in [-0.25, -0.2) is 0 Å². The van der Waals surface area contributed by atoms with Gasteiger partial charge >= 0.3 is 5.97 Å². The molecule has 33 heavy (non-hydrogen) atoms. The molecule has 0 saturated carbocycles. The van der Waals surface area contributed by atoms with Crippen molar-refractivity contribution in [1.82, 2.24) is 4.90 Å². The van der Waals surface area contributed by atoms with E-state index >= 15 is 0 Å². The van der Waals surface area contributed by atoms with Gasteiger partial charge in [0, 0.05) is 24.3 Å². The highest BCUT2D eigenvalue weighted by molar-refractivity contribution is 5.85. The number of halogens is 1. The molecule has 1 saturated heterocycles. The molecule has 0 bridgehead atoms. The van der Waals surface area contributed by atoms with Crippen molar-refractivity contribution < 1.29 is 9.53 Å². The summed E-state index contributed by atoms with van der Waals surface area (Å²) < 4.78 is 5.40. The van der Waals surface area contributed by atoms with E-state index in [-0.39, 0.29) is 31.0 Å². The lowest BCUT2D eigenvalue weighted by molar-refractivity contribution is -0.141. The van der Waals surface area contributed by atoms with E-state index < -0.39 is 0 Å². The summed E-state index contributed by atoms with van der Waals surface area (Å²) in [5.74, 6) is 4.95. The summed E-state index contributed by atoms with van der Waals surface area (Å²) in [4.78, 5) is 13.9. The molecule has 1 unspecified atom stereocenters. The molecule has 0 aliphatic carbocycles. The molecule has 0 aromatic heterocycles. The fourth-order valence-electron chi connectivity index (χ4n) is 3.97. The Labute approximate surface area is 203 Å². The zero-order valence-electron chi connectivity index (χ0n) is 19.7. The zero-order valence-corrected chi connectivity index (χ0v) is 20.5. The molecule has 1 heterocycles. The Morgan fingerprint density at radius 2 is 1.91 bits per heavy atom. The molecule has 2 aromatic carbocycles. The average Bonchev–Trinajstić information content (AvgIpc) is 2.79. The molecule has 1 aliphatic heterocycles. The number of likely N-dealkylation sites (tertiary alicyclic amines) is 1. The third kappa shape index (κ3) is 8.26. The van der Waals surface area contributed by atoms with Crippen molar-refractivity contribution >= 4 is 36.0 Å². The number of nitrogens with zero attached hydrogens (tertiary/aromatic N) is 2. The van der Waals surface area contributed by atoms with Gasteiger partial charge in [-0.15, -0.1) is 12.4 Å². The van der Waals surface area contributed by atoms with Crippen LogP contribution in [0.1, 0.15) is 49.4 Å². The van der Waals surface area contributed by atoms with E-state index in [4.69, 9.17) is 10.6 Å². The van der Waals surface area contributed by atoms with Gasteiger partial charge in [-0.2, -0.15) is 5.10 Å². The van der Waals surface area contributed by atoms with E-state index in [1.807, 2.05) is 24.3 Å². The van der Waals surface area contributed by atoms with Crippen molar-refractivity contribution in [3.8, 4) is 0 Å². The maximum absolute atomic E-state index is 11.5. The first-order valence-electron chi connectivity index (χ1n) is 11.3. The molecule has 180 valence electrons. The predicted octanol–water partition coefficient (Wildman–Crippen LogP) is 4.19.